The van der Waals surface area contributed by atoms with Gasteiger partial charge in [0.05, 0.1) is 18.2 Å². The molecule has 0 bridgehead atoms. The maximum Gasteiger partial charge on any atom is 0.163 e. The third kappa shape index (κ3) is 3.84. The Labute approximate surface area is 132 Å². The molecule has 0 saturated heterocycles. The van der Waals surface area contributed by atoms with Gasteiger partial charge in [-0.15, -0.1) is 0 Å². The number of halogens is 2. The Morgan fingerprint density at radius 2 is 1.87 bits per heavy atom. The highest BCUT2D eigenvalue weighted by Gasteiger charge is 2.19. The Morgan fingerprint density at radius 3 is 2.43 bits per heavy atom. The van der Waals surface area contributed by atoms with Crippen molar-refractivity contribution in [1.29, 1.82) is 0 Å². The molecule has 0 radical (unpaired) electrons. The van der Waals surface area contributed by atoms with Gasteiger partial charge in [-0.2, -0.15) is 0 Å². The van der Waals surface area contributed by atoms with Crippen LogP contribution in [0.1, 0.15) is 28.9 Å². The second-order valence-electron chi connectivity index (χ2n) is 4.88. The van der Waals surface area contributed by atoms with Crippen molar-refractivity contribution in [1.82, 2.24) is 0 Å². The molecule has 1 atom stereocenters. The van der Waals surface area contributed by atoms with E-state index in [2.05, 4.69) is 0 Å². The summed E-state index contributed by atoms with van der Waals surface area (Å²) in [6.07, 6.45) is -1.51. The van der Waals surface area contributed by atoms with Gasteiger partial charge in [-0.25, -0.2) is 8.78 Å². The molecule has 0 spiro atoms. The van der Waals surface area contributed by atoms with Gasteiger partial charge in [0.25, 0.3) is 0 Å². The van der Waals surface area contributed by atoms with Crippen LogP contribution in [0.5, 0.6) is 11.5 Å². The number of Topliss-reactive ketones (excluding diaryl/α,β-unsaturated/α-hetero) is 1. The largest absolute Gasteiger partial charge is 0.497 e. The van der Waals surface area contributed by atoms with Crippen molar-refractivity contribution >= 4 is 5.78 Å². The van der Waals surface area contributed by atoms with Gasteiger partial charge in [-0.1, -0.05) is 6.07 Å². The van der Waals surface area contributed by atoms with E-state index in [0.717, 1.165) is 12.1 Å². The lowest BCUT2D eigenvalue weighted by Gasteiger charge is -2.16. The zero-order valence-electron chi connectivity index (χ0n) is 12.7. The fourth-order valence-corrected chi connectivity index (χ4v) is 2.12. The van der Waals surface area contributed by atoms with Gasteiger partial charge in [0.1, 0.15) is 35.8 Å². The van der Waals surface area contributed by atoms with Crippen LogP contribution in [0, 0.1) is 11.6 Å². The second kappa shape index (κ2) is 7.19. The summed E-state index contributed by atoms with van der Waals surface area (Å²) in [5.74, 6) is -1.34. The van der Waals surface area contributed by atoms with E-state index in [0.29, 0.717) is 5.75 Å². The number of rotatable bonds is 6. The van der Waals surface area contributed by atoms with E-state index in [9.17, 15) is 18.7 Å². The van der Waals surface area contributed by atoms with Gasteiger partial charge in [-0.3, -0.25) is 4.79 Å². The van der Waals surface area contributed by atoms with Crippen LogP contribution in [0.2, 0.25) is 0 Å². The number of carbonyl (C=O) groups is 1. The van der Waals surface area contributed by atoms with Gasteiger partial charge in [0.2, 0.25) is 0 Å². The highest BCUT2D eigenvalue weighted by molar-refractivity contribution is 5.97. The van der Waals surface area contributed by atoms with Crippen LogP contribution in [0.4, 0.5) is 8.78 Å². The van der Waals surface area contributed by atoms with Gasteiger partial charge in [-0.05, 0) is 31.2 Å². The molecule has 0 aromatic heterocycles. The average Bonchev–Trinajstić information content (AvgIpc) is 2.52. The Bertz CT molecular complexity index is 695. The number of aliphatic hydroxyl groups is 1. The number of benzene rings is 2. The van der Waals surface area contributed by atoms with Crippen LogP contribution in [-0.4, -0.2) is 24.6 Å². The molecule has 0 amide bonds. The molecule has 23 heavy (non-hydrogen) atoms. The van der Waals surface area contributed by atoms with E-state index in [1.54, 1.807) is 6.07 Å². The third-order valence-corrected chi connectivity index (χ3v) is 3.30. The first-order chi connectivity index (χ1) is 10.9. The van der Waals surface area contributed by atoms with E-state index in [-0.39, 0.29) is 17.1 Å². The summed E-state index contributed by atoms with van der Waals surface area (Å²) in [6.45, 7) is 0.951. The smallest absolute Gasteiger partial charge is 0.163 e. The van der Waals surface area contributed by atoms with Crippen LogP contribution in [0.3, 0.4) is 0 Å². The van der Waals surface area contributed by atoms with Crippen molar-refractivity contribution in [3.05, 3.63) is 59.2 Å². The predicted molar refractivity (Wildman–Crippen MR) is 79.8 cm³/mol. The van der Waals surface area contributed by atoms with Gasteiger partial charge in [0, 0.05) is 6.07 Å². The molecule has 0 aliphatic heterocycles. The normalized spacial score (nSPS) is 11.9. The molecular weight excluding hydrogens is 306 g/mol. The average molecular weight is 322 g/mol. The summed E-state index contributed by atoms with van der Waals surface area (Å²) in [7, 11) is 1.45. The zero-order valence-corrected chi connectivity index (χ0v) is 12.7. The quantitative estimate of drug-likeness (QED) is 0.829. The zero-order chi connectivity index (χ0) is 17.0. The van der Waals surface area contributed by atoms with Gasteiger partial charge < -0.3 is 14.6 Å². The lowest BCUT2D eigenvalue weighted by Crippen LogP contribution is -2.14. The molecule has 0 saturated carbocycles. The van der Waals surface area contributed by atoms with Crippen LogP contribution < -0.4 is 9.47 Å². The minimum atomic E-state index is -1.51. The van der Waals surface area contributed by atoms with Crippen molar-refractivity contribution in [3.63, 3.8) is 0 Å². The van der Waals surface area contributed by atoms with E-state index in [1.165, 1.54) is 32.2 Å². The predicted octanol–water partition coefficient (Wildman–Crippen LogP) is 3.29. The summed E-state index contributed by atoms with van der Waals surface area (Å²) < 4.78 is 37.7. The van der Waals surface area contributed by atoms with Crippen molar-refractivity contribution in [2.45, 2.75) is 13.0 Å². The lowest BCUT2D eigenvalue weighted by atomic mass is 10.1. The minimum absolute atomic E-state index is 0.174. The van der Waals surface area contributed by atoms with Crippen LogP contribution in [0.25, 0.3) is 0 Å². The molecule has 0 fully saturated rings. The Kier molecular flexibility index (Phi) is 5.28. The number of hydrogen-bond acceptors (Lipinski definition) is 4. The molecule has 2 rings (SSSR count). The fourth-order valence-electron chi connectivity index (χ4n) is 2.12. The van der Waals surface area contributed by atoms with E-state index < -0.39 is 29.9 Å². The van der Waals surface area contributed by atoms with Crippen LogP contribution in [-0.2, 0) is 0 Å². The highest BCUT2D eigenvalue weighted by Crippen LogP contribution is 2.27. The molecule has 4 nitrogen and oxygen atoms in total. The summed E-state index contributed by atoms with van der Waals surface area (Å²) in [6, 6.07) is 7.89. The molecule has 6 heteroatoms. The molecule has 0 heterocycles. The molecular formula is C17H16F2O4. The van der Waals surface area contributed by atoms with Crippen LogP contribution in [0.15, 0.2) is 36.4 Å². The van der Waals surface area contributed by atoms with Crippen molar-refractivity contribution in [3.8, 4) is 11.5 Å². The maximum absolute atomic E-state index is 13.6. The second-order valence-corrected chi connectivity index (χ2v) is 4.88. The molecule has 2 aromatic carbocycles. The number of methoxy groups -OCH3 is 1. The van der Waals surface area contributed by atoms with Gasteiger partial charge >= 0.3 is 0 Å². The minimum Gasteiger partial charge on any atom is -0.497 e. The Balaban J connectivity index is 2.21. The fraction of sp³-hybridized carbons (Fsp3) is 0.235. The van der Waals surface area contributed by atoms with Crippen molar-refractivity contribution in [2.24, 2.45) is 0 Å². The number of carbonyl (C=O) groups excluding carboxylic acids is 1. The first-order valence-corrected chi connectivity index (χ1v) is 6.87. The summed E-state index contributed by atoms with van der Waals surface area (Å²) in [5.41, 5.74) is -0.188. The lowest BCUT2D eigenvalue weighted by molar-refractivity contribution is 0.0952. The number of ketones is 1. The van der Waals surface area contributed by atoms with Crippen molar-refractivity contribution in [2.75, 3.05) is 13.7 Å². The topological polar surface area (TPSA) is 55.8 Å². The molecule has 0 aliphatic rings. The molecule has 1 unspecified atom stereocenters. The monoisotopic (exact) mass is 322 g/mol. The standard InChI is InChI=1S/C17H16F2O4/c1-10(20)12-7-6-11(22-2)8-16(12)23-9-15(21)17-13(18)4-3-5-14(17)19/h3-8,15,21H,9H2,1-2H3. The molecule has 2 aromatic rings. The summed E-state index contributed by atoms with van der Waals surface area (Å²) >= 11 is 0. The Hall–Kier alpha value is -2.47. The molecule has 1 N–H and O–H groups in total. The first-order valence-electron chi connectivity index (χ1n) is 6.87. The number of ether oxygens (including phenoxy) is 2. The van der Waals surface area contributed by atoms with Crippen LogP contribution >= 0.6 is 0 Å². The number of hydrogen-bond donors (Lipinski definition) is 1. The van der Waals surface area contributed by atoms with Crippen molar-refractivity contribution < 1.29 is 28.2 Å². The summed E-state index contributed by atoms with van der Waals surface area (Å²) in [4.78, 5) is 11.6. The van der Waals surface area contributed by atoms with E-state index >= 15 is 0 Å². The first kappa shape index (κ1) is 16.9. The van der Waals surface area contributed by atoms with E-state index in [1.807, 2.05) is 0 Å². The third-order valence-electron chi connectivity index (χ3n) is 3.30. The SMILES string of the molecule is COc1ccc(C(C)=O)c(OCC(O)c2c(F)cccc2F)c1. The van der Waals surface area contributed by atoms with Gasteiger partial charge in [0.15, 0.2) is 5.78 Å². The molecule has 0 aliphatic carbocycles. The maximum atomic E-state index is 13.6. The Morgan fingerprint density at radius 1 is 1.22 bits per heavy atom. The molecule has 122 valence electrons. The van der Waals surface area contributed by atoms with E-state index in [4.69, 9.17) is 9.47 Å². The highest BCUT2D eigenvalue weighted by atomic mass is 19.1. The number of aliphatic hydroxyl groups excluding tert-OH is 1. The summed E-state index contributed by atoms with van der Waals surface area (Å²) in [5, 5.41) is 9.98.